The molecule has 6 heteroatoms. The predicted molar refractivity (Wildman–Crippen MR) is 125 cm³/mol. The highest BCUT2D eigenvalue weighted by Gasteiger charge is 2.07. The Balaban J connectivity index is 1.49. The van der Waals surface area contributed by atoms with Crippen LogP contribution >= 0.6 is 0 Å². The third-order valence-electron chi connectivity index (χ3n) is 4.33. The average molecular weight is 418 g/mol. The van der Waals surface area contributed by atoms with E-state index in [-0.39, 0.29) is 18.4 Å². The summed E-state index contributed by atoms with van der Waals surface area (Å²) in [4.78, 5) is 24.6. The molecular formula is C25H27N3O3. The molecule has 3 aromatic rings. The first-order valence-electron chi connectivity index (χ1n) is 10.2. The summed E-state index contributed by atoms with van der Waals surface area (Å²) in [6.45, 7) is 4.98. The monoisotopic (exact) mass is 417 g/mol. The van der Waals surface area contributed by atoms with Crippen molar-refractivity contribution in [1.29, 1.82) is 0 Å². The number of carbonyl (C=O) groups excluding carboxylic acids is 2. The van der Waals surface area contributed by atoms with Crippen LogP contribution in [-0.2, 0) is 4.79 Å². The van der Waals surface area contributed by atoms with Crippen LogP contribution in [0.5, 0.6) is 5.75 Å². The smallest absolute Gasteiger partial charge is 0.255 e. The second-order valence-electron chi connectivity index (χ2n) is 7.53. The molecule has 3 aromatic carbocycles. The Kier molecular flexibility index (Phi) is 7.65. The lowest BCUT2D eigenvalue weighted by atomic mass is 10.2. The van der Waals surface area contributed by atoms with E-state index < -0.39 is 0 Å². The summed E-state index contributed by atoms with van der Waals surface area (Å²) in [5, 5.41) is 8.75. The van der Waals surface area contributed by atoms with Crippen LogP contribution in [0.15, 0.2) is 78.9 Å². The fraction of sp³-hybridized carbons (Fsp3) is 0.200. The maximum Gasteiger partial charge on any atom is 0.255 e. The molecule has 0 atom stereocenters. The summed E-state index contributed by atoms with van der Waals surface area (Å²) in [5.41, 5.74) is 2.62. The molecule has 3 N–H and O–H groups in total. The van der Waals surface area contributed by atoms with Crippen LogP contribution in [0.25, 0.3) is 0 Å². The topological polar surface area (TPSA) is 79.5 Å². The van der Waals surface area contributed by atoms with Gasteiger partial charge in [-0.25, -0.2) is 0 Å². The molecule has 0 spiro atoms. The van der Waals surface area contributed by atoms with Gasteiger partial charge in [-0.1, -0.05) is 38.1 Å². The SMILES string of the molecule is CC(C)COc1ccc(NCC(=O)Nc2cccc(NC(=O)c3ccccc3)c2)cc1. The molecule has 6 nitrogen and oxygen atoms in total. The van der Waals surface area contributed by atoms with Crippen LogP contribution in [0.2, 0.25) is 0 Å². The van der Waals surface area contributed by atoms with Gasteiger partial charge in [0.25, 0.3) is 5.91 Å². The molecule has 0 saturated carbocycles. The van der Waals surface area contributed by atoms with Crippen molar-refractivity contribution >= 4 is 28.9 Å². The van der Waals surface area contributed by atoms with Gasteiger partial charge in [0.2, 0.25) is 5.91 Å². The lowest BCUT2D eigenvalue weighted by Gasteiger charge is -2.11. The number of hydrogen-bond donors (Lipinski definition) is 3. The van der Waals surface area contributed by atoms with Gasteiger partial charge in [-0.15, -0.1) is 0 Å². The Bertz CT molecular complexity index is 1000. The van der Waals surface area contributed by atoms with Gasteiger partial charge >= 0.3 is 0 Å². The Hall–Kier alpha value is -3.80. The van der Waals surface area contributed by atoms with Crippen molar-refractivity contribution in [3.05, 3.63) is 84.4 Å². The fourth-order valence-electron chi connectivity index (χ4n) is 2.79. The number of nitrogens with one attached hydrogen (secondary N) is 3. The van der Waals surface area contributed by atoms with Crippen molar-refractivity contribution in [2.45, 2.75) is 13.8 Å². The number of ether oxygens (including phenoxy) is 1. The van der Waals surface area contributed by atoms with Crippen LogP contribution in [0, 0.1) is 5.92 Å². The largest absolute Gasteiger partial charge is 0.493 e. The first-order chi connectivity index (χ1) is 15.0. The van der Waals surface area contributed by atoms with E-state index in [1.54, 1.807) is 36.4 Å². The molecule has 0 aromatic heterocycles. The summed E-state index contributed by atoms with van der Waals surface area (Å²) in [6, 6.07) is 23.5. The van der Waals surface area contributed by atoms with Gasteiger partial charge in [0.1, 0.15) is 5.75 Å². The maximum absolute atomic E-state index is 12.3. The summed E-state index contributed by atoms with van der Waals surface area (Å²) >= 11 is 0. The van der Waals surface area contributed by atoms with Crippen LogP contribution in [0.3, 0.4) is 0 Å². The van der Waals surface area contributed by atoms with Gasteiger partial charge in [-0.2, -0.15) is 0 Å². The molecule has 0 aliphatic rings. The number of benzene rings is 3. The quantitative estimate of drug-likeness (QED) is 0.456. The Morgan fingerprint density at radius 1 is 0.806 bits per heavy atom. The molecule has 0 bridgehead atoms. The second kappa shape index (κ2) is 10.8. The molecule has 0 radical (unpaired) electrons. The molecule has 0 aliphatic heterocycles. The van der Waals surface area contributed by atoms with Crippen molar-refractivity contribution in [2.24, 2.45) is 5.92 Å². The predicted octanol–water partition coefficient (Wildman–Crippen LogP) is 5.02. The van der Waals surface area contributed by atoms with Gasteiger partial charge in [0, 0.05) is 22.6 Å². The molecule has 31 heavy (non-hydrogen) atoms. The lowest BCUT2D eigenvalue weighted by molar-refractivity contribution is -0.114. The van der Waals surface area contributed by atoms with Gasteiger partial charge < -0.3 is 20.7 Å². The minimum absolute atomic E-state index is 0.118. The van der Waals surface area contributed by atoms with Gasteiger partial charge in [0.15, 0.2) is 0 Å². The number of hydrogen-bond acceptors (Lipinski definition) is 4. The van der Waals surface area contributed by atoms with Crippen LogP contribution in [0.4, 0.5) is 17.1 Å². The summed E-state index contributed by atoms with van der Waals surface area (Å²) in [7, 11) is 0. The van der Waals surface area contributed by atoms with E-state index in [9.17, 15) is 9.59 Å². The lowest BCUT2D eigenvalue weighted by Crippen LogP contribution is -2.21. The van der Waals surface area contributed by atoms with E-state index in [0.717, 1.165) is 11.4 Å². The molecule has 3 rings (SSSR count). The number of carbonyl (C=O) groups is 2. The van der Waals surface area contributed by atoms with Crippen molar-refractivity contribution in [1.82, 2.24) is 0 Å². The van der Waals surface area contributed by atoms with Crippen molar-refractivity contribution in [3.63, 3.8) is 0 Å². The zero-order chi connectivity index (χ0) is 22.1. The fourth-order valence-corrected chi connectivity index (χ4v) is 2.79. The number of anilines is 3. The summed E-state index contributed by atoms with van der Waals surface area (Å²) in [6.07, 6.45) is 0. The highest BCUT2D eigenvalue weighted by molar-refractivity contribution is 6.04. The molecule has 0 fully saturated rings. The van der Waals surface area contributed by atoms with Crippen LogP contribution < -0.4 is 20.7 Å². The first-order valence-corrected chi connectivity index (χ1v) is 10.2. The first kappa shape index (κ1) is 21.9. The Labute approximate surface area is 182 Å². The normalized spacial score (nSPS) is 10.4. The van der Waals surface area contributed by atoms with Crippen molar-refractivity contribution in [3.8, 4) is 5.75 Å². The minimum atomic E-state index is -0.202. The van der Waals surface area contributed by atoms with Crippen LogP contribution in [-0.4, -0.2) is 25.0 Å². The van der Waals surface area contributed by atoms with E-state index in [0.29, 0.717) is 29.5 Å². The highest BCUT2D eigenvalue weighted by atomic mass is 16.5. The Morgan fingerprint density at radius 3 is 2.16 bits per heavy atom. The Morgan fingerprint density at radius 2 is 1.48 bits per heavy atom. The van der Waals surface area contributed by atoms with Gasteiger partial charge in [-0.3, -0.25) is 9.59 Å². The molecule has 0 unspecified atom stereocenters. The van der Waals surface area contributed by atoms with E-state index in [1.807, 2.05) is 42.5 Å². The van der Waals surface area contributed by atoms with Gasteiger partial charge in [-0.05, 0) is 60.5 Å². The summed E-state index contributed by atoms with van der Waals surface area (Å²) < 4.78 is 5.66. The number of rotatable bonds is 9. The van der Waals surface area contributed by atoms with E-state index in [4.69, 9.17) is 4.74 Å². The third kappa shape index (κ3) is 7.19. The zero-order valence-electron chi connectivity index (χ0n) is 17.7. The standard InChI is InChI=1S/C25H27N3O3/c1-18(2)17-31-23-13-11-20(12-14-23)26-16-24(29)27-21-9-6-10-22(15-21)28-25(30)19-7-4-3-5-8-19/h3-15,18,26H,16-17H2,1-2H3,(H,27,29)(H,28,30). The summed E-state index contributed by atoms with van der Waals surface area (Å²) in [5.74, 6) is 0.878. The van der Waals surface area contributed by atoms with E-state index in [1.165, 1.54) is 0 Å². The number of amides is 2. The van der Waals surface area contributed by atoms with Crippen molar-refractivity contribution < 1.29 is 14.3 Å². The molecule has 0 aliphatic carbocycles. The van der Waals surface area contributed by atoms with E-state index >= 15 is 0 Å². The van der Waals surface area contributed by atoms with Crippen LogP contribution in [0.1, 0.15) is 24.2 Å². The molecule has 0 saturated heterocycles. The highest BCUT2D eigenvalue weighted by Crippen LogP contribution is 2.18. The maximum atomic E-state index is 12.3. The minimum Gasteiger partial charge on any atom is -0.493 e. The van der Waals surface area contributed by atoms with Gasteiger partial charge in [0.05, 0.1) is 13.2 Å². The molecule has 2 amide bonds. The third-order valence-corrected chi connectivity index (χ3v) is 4.33. The second-order valence-corrected chi connectivity index (χ2v) is 7.53. The molecule has 0 heterocycles. The van der Waals surface area contributed by atoms with Crippen molar-refractivity contribution in [2.75, 3.05) is 29.1 Å². The molecule has 160 valence electrons. The average Bonchev–Trinajstić information content (AvgIpc) is 2.78. The molecular weight excluding hydrogens is 390 g/mol. The zero-order valence-corrected chi connectivity index (χ0v) is 17.7. The van der Waals surface area contributed by atoms with E-state index in [2.05, 4.69) is 29.8 Å².